The van der Waals surface area contributed by atoms with Gasteiger partial charge >= 0.3 is 0 Å². The molecule has 8 nitrogen and oxygen atoms in total. The van der Waals surface area contributed by atoms with Crippen LogP contribution >= 0.6 is 0 Å². The number of nitrogens with zero attached hydrogens (tertiary/aromatic N) is 7. The second-order valence-electron chi connectivity index (χ2n) is 8.39. The van der Waals surface area contributed by atoms with E-state index in [-0.39, 0.29) is 5.56 Å². The SMILES string of the molecule is O=c1cc2c(nn1CCN1CCN(Cc3nncn3C3CC3)CC1)CCCC2. The Morgan fingerprint density at radius 3 is 2.61 bits per heavy atom. The number of fused-ring (bicyclic) bond motifs is 1. The first-order valence-electron chi connectivity index (χ1n) is 10.7. The van der Waals surface area contributed by atoms with Crippen molar-refractivity contribution in [2.24, 2.45) is 0 Å². The molecule has 1 saturated carbocycles. The summed E-state index contributed by atoms with van der Waals surface area (Å²) in [5.41, 5.74) is 2.36. The van der Waals surface area contributed by atoms with E-state index in [4.69, 9.17) is 0 Å². The zero-order valence-electron chi connectivity index (χ0n) is 16.5. The fraction of sp³-hybridized carbons (Fsp3) is 0.700. The minimum Gasteiger partial charge on any atom is -0.313 e. The van der Waals surface area contributed by atoms with Crippen LogP contribution in [0.3, 0.4) is 0 Å². The molecule has 0 radical (unpaired) electrons. The predicted molar refractivity (Wildman–Crippen MR) is 105 cm³/mol. The lowest BCUT2D eigenvalue weighted by Gasteiger charge is -2.34. The van der Waals surface area contributed by atoms with E-state index in [0.717, 1.165) is 63.6 Å². The van der Waals surface area contributed by atoms with Crippen LogP contribution in [0.1, 0.15) is 48.8 Å². The van der Waals surface area contributed by atoms with Gasteiger partial charge in [-0.05, 0) is 44.1 Å². The first-order chi connectivity index (χ1) is 13.8. The van der Waals surface area contributed by atoms with Crippen LogP contribution in [0.4, 0.5) is 0 Å². The molecule has 0 aromatic carbocycles. The Morgan fingerprint density at radius 1 is 1.00 bits per heavy atom. The van der Waals surface area contributed by atoms with Crippen LogP contribution in [0, 0.1) is 0 Å². The van der Waals surface area contributed by atoms with Crippen LogP contribution in [-0.2, 0) is 25.9 Å². The Kier molecular flexibility index (Phi) is 4.98. The Hall–Kier alpha value is -2.06. The molecular formula is C20H29N7O. The van der Waals surface area contributed by atoms with Gasteiger partial charge < -0.3 is 4.57 Å². The van der Waals surface area contributed by atoms with Gasteiger partial charge in [0.25, 0.3) is 5.56 Å². The molecule has 5 rings (SSSR count). The van der Waals surface area contributed by atoms with E-state index in [1.54, 1.807) is 4.68 Å². The highest BCUT2D eigenvalue weighted by atomic mass is 16.1. The van der Waals surface area contributed by atoms with E-state index in [2.05, 4.69) is 29.7 Å². The minimum atomic E-state index is 0.0544. The van der Waals surface area contributed by atoms with Gasteiger partial charge in [0.15, 0.2) is 0 Å². The van der Waals surface area contributed by atoms with Crippen LogP contribution in [0.2, 0.25) is 0 Å². The molecule has 0 atom stereocenters. The van der Waals surface area contributed by atoms with Crippen molar-refractivity contribution in [1.82, 2.24) is 34.3 Å². The lowest BCUT2D eigenvalue weighted by molar-refractivity contribution is 0.119. The summed E-state index contributed by atoms with van der Waals surface area (Å²) < 4.78 is 3.93. The van der Waals surface area contributed by atoms with Crippen LogP contribution in [0.5, 0.6) is 0 Å². The number of hydrogen-bond donors (Lipinski definition) is 0. The highest BCUT2D eigenvalue weighted by molar-refractivity contribution is 5.20. The van der Waals surface area contributed by atoms with Crippen molar-refractivity contribution >= 4 is 0 Å². The summed E-state index contributed by atoms with van der Waals surface area (Å²) in [6.45, 7) is 6.57. The molecule has 8 heteroatoms. The third-order valence-electron chi connectivity index (χ3n) is 6.32. The van der Waals surface area contributed by atoms with Gasteiger partial charge in [0.1, 0.15) is 12.2 Å². The van der Waals surface area contributed by atoms with Crippen molar-refractivity contribution in [3.63, 3.8) is 0 Å². The molecule has 150 valence electrons. The molecule has 2 aliphatic carbocycles. The predicted octanol–water partition coefficient (Wildman–Crippen LogP) is 0.866. The Morgan fingerprint density at radius 2 is 1.79 bits per heavy atom. The number of rotatable bonds is 6. The summed E-state index contributed by atoms with van der Waals surface area (Å²) in [7, 11) is 0. The largest absolute Gasteiger partial charge is 0.313 e. The lowest BCUT2D eigenvalue weighted by Crippen LogP contribution is -2.47. The van der Waals surface area contributed by atoms with Gasteiger partial charge in [-0.2, -0.15) is 5.10 Å². The monoisotopic (exact) mass is 383 g/mol. The highest BCUT2D eigenvalue weighted by Gasteiger charge is 2.27. The molecule has 0 bridgehead atoms. The average molecular weight is 384 g/mol. The van der Waals surface area contributed by atoms with Gasteiger partial charge in [0, 0.05) is 44.8 Å². The molecule has 28 heavy (non-hydrogen) atoms. The molecule has 2 aromatic rings. The summed E-state index contributed by atoms with van der Waals surface area (Å²) in [4.78, 5) is 17.2. The van der Waals surface area contributed by atoms with Crippen molar-refractivity contribution in [3.8, 4) is 0 Å². The van der Waals surface area contributed by atoms with Gasteiger partial charge in [0.05, 0.1) is 18.8 Å². The summed E-state index contributed by atoms with van der Waals surface area (Å²) >= 11 is 0. The fourth-order valence-electron chi connectivity index (χ4n) is 4.41. The maximum absolute atomic E-state index is 12.3. The van der Waals surface area contributed by atoms with Crippen LogP contribution in [0.15, 0.2) is 17.2 Å². The standard InChI is InChI=1S/C20H29N7O/c28-20-13-16-3-1-2-4-18(16)23-27(20)12-11-24-7-9-25(10-8-24)14-19-22-21-15-26(19)17-5-6-17/h13,15,17H,1-12,14H2. The third-order valence-corrected chi connectivity index (χ3v) is 6.32. The molecule has 2 fully saturated rings. The van der Waals surface area contributed by atoms with Gasteiger partial charge in [-0.25, -0.2) is 4.68 Å². The Labute approximate surface area is 165 Å². The molecule has 3 heterocycles. The lowest BCUT2D eigenvalue weighted by atomic mass is 9.97. The van der Waals surface area contributed by atoms with E-state index in [0.29, 0.717) is 12.6 Å². The molecule has 1 aliphatic heterocycles. The molecule has 0 spiro atoms. The second kappa shape index (κ2) is 7.75. The van der Waals surface area contributed by atoms with Crippen molar-refractivity contribution in [2.45, 2.75) is 57.7 Å². The number of piperazine rings is 1. The maximum atomic E-state index is 12.3. The number of hydrogen-bond acceptors (Lipinski definition) is 6. The van der Waals surface area contributed by atoms with Gasteiger partial charge in [-0.15, -0.1) is 10.2 Å². The molecule has 0 N–H and O–H groups in total. The molecule has 3 aliphatic rings. The van der Waals surface area contributed by atoms with Crippen molar-refractivity contribution in [3.05, 3.63) is 39.8 Å². The zero-order chi connectivity index (χ0) is 18.9. The summed E-state index contributed by atoms with van der Waals surface area (Å²) in [5, 5.41) is 13.1. The molecule has 1 saturated heterocycles. The number of aromatic nitrogens is 5. The van der Waals surface area contributed by atoms with E-state index < -0.39 is 0 Å². The van der Waals surface area contributed by atoms with E-state index in [1.165, 1.54) is 31.2 Å². The van der Waals surface area contributed by atoms with E-state index in [1.807, 2.05) is 12.4 Å². The highest BCUT2D eigenvalue weighted by Crippen LogP contribution is 2.35. The summed E-state index contributed by atoms with van der Waals surface area (Å²) in [5.74, 6) is 1.10. The minimum absolute atomic E-state index is 0.0544. The van der Waals surface area contributed by atoms with Gasteiger partial charge in [-0.1, -0.05) is 0 Å². The molecule has 0 amide bonds. The van der Waals surface area contributed by atoms with Crippen molar-refractivity contribution in [2.75, 3.05) is 32.7 Å². The van der Waals surface area contributed by atoms with Crippen molar-refractivity contribution in [1.29, 1.82) is 0 Å². The van der Waals surface area contributed by atoms with Crippen LogP contribution in [0.25, 0.3) is 0 Å². The Balaban J connectivity index is 1.13. The summed E-state index contributed by atoms with van der Waals surface area (Å²) in [6.07, 6.45) is 8.79. The second-order valence-corrected chi connectivity index (χ2v) is 8.39. The van der Waals surface area contributed by atoms with E-state index in [9.17, 15) is 4.79 Å². The first kappa shape index (κ1) is 18.0. The first-order valence-corrected chi connectivity index (χ1v) is 10.7. The van der Waals surface area contributed by atoms with Gasteiger partial charge in [0.2, 0.25) is 0 Å². The molecule has 0 unspecified atom stereocenters. The maximum Gasteiger partial charge on any atom is 0.267 e. The zero-order valence-corrected chi connectivity index (χ0v) is 16.5. The Bertz CT molecular complexity index is 877. The molecule has 2 aromatic heterocycles. The fourth-order valence-corrected chi connectivity index (χ4v) is 4.41. The van der Waals surface area contributed by atoms with Crippen LogP contribution in [-0.4, -0.2) is 67.1 Å². The normalized spacial score (nSPS) is 21.0. The van der Waals surface area contributed by atoms with E-state index >= 15 is 0 Å². The smallest absolute Gasteiger partial charge is 0.267 e. The average Bonchev–Trinajstić information content (AvgIpc) is 3.46. The topological polar surface area (TPSA) is 72.1 Å². The van der Waals surface area contributed by atoms with Gasteiger partial charge in [-0.3, -0.25) is 14.6 Å². The van der Waals surface area contributed by atoms with Crippen LogP contribution < -0.4 is 5.56 Å². The third kappa shape index (κ3) is 3.89. The van der Waals surface area contributed by atoms with Crippen molar-refractivity contribution < 1.29 is 0 Å². The quantitative estimate of drug-likeness (QED) is 0.737. The summed E-state index contributed by atoms with van der Waals surface area (Å²) in [6, 6.07) is 2.45. The number of aryl methyl sites for hydroxylation is 2. The molecular weight excluding hydrogens is 354 g/mol.